The lowest BCUT2D eigenvalue weighted by Gasteiger charge is -2.32. The van der Waals surface area contributed by atoms with Crippen LogP contribution in [0.3, 0.4) is 0 Å². The summed E-state index contributed by atoms with van der Waals surface area (Å²) in [5.74, 6) is 2.13. The fraction of sp³-hybridized carbons (Fsp3) is 0.500. The Kier molecular flexibility index (Phi) is 2.63. The van der Waals surface area contributed by atoms with Crippen molar-refractivity contribution in [1.29, 1.82) is 0 Å². The molecule has 5 heteroatoms. The van der Waals surface area contributed by atoms with Gasteiger partial charge in [0.1, 0.15) is 10.6 Å². The lowest BCUT2D eigenvalue weighted by Crippen LogP contribution is -2.35. The number of nitrogens with two attached hydrogens (primary N) is 1. The smallest absolute Gasteiger partial charge is 0.223 e. The van der Waals surface area contributed by atoms with Crippen LogP contribution in [0.15, 0.2) is 11.4 Å². The Morgan fingerprint density at radius 3 is 3.18 bits per heavy atom. The second-order valence-corrected chi connectivity index (χ2v) is 5.63. The molecule has 1 saturated heterocycles. The Morgan fingerprint density at radius 2 is 2.35 bits per heavy atom. The van der Waals surface area contributed by atoms with Crippen molar-refractivity contribution in [3.05, 3.63) is 11.4 Å². The number of piperidine rings is 1. The van der Waals surface area contributed by atoms with Gasteiger partial charge >= 0.3 is 0 Å². The molecule has 0 aromatic carbocycles. The summed E-state index contributed by atoms with van der Waals surface area (Å²) in [5, 5.41) is 3.19. The summed E-state index contributed by atoms with van der Waals surface area (Å²) >= 11 is 1.62. The minimum atomic E-state index is 0.383. The van der Waals surface area contributed by atoms with Crippen molar-refractivity contribution in [2.45, 2.75) is 19.8 Å². The molecule has 0 spiro atoms. The van der Waals surface area contributed by atoms with Crippen LogP contribution >= 0.6 is 11.3 Å². The summed E-state index contributed by atoms with van der Waals surface area (Å²) in [6.45, 7) is 4.44. The summed E-state index contributed by atoms with van der Waals surface area (Å²) in [5.41, 5.74) is 5.78. The minimum Gasteiger partial charge on any atom is -0.368 e. The van der Waals surface area contributed by atoms with Gasteiger partial charge in [-0.3, -0.25) is 0 Å². The van der Waals surface area contributed by atoms with E-state index in [1.54, 1.807) is 11.3 Å². The van der Waals surface area contributed by atoms with Crippen LogP contribution in [0.5, 0.6) is 0 Å². The van der Waals surface area contributed by atoms with Crippen molar-refractivity contribution < 1.29 is 0 Å². The van der Waals surface area contributed by atoms with Gasteiger partial charge in [0.2, 0.25) is 5.95 Å². The molecule has 1 atom stereocenters. The molecule has 17 heavy (non-hydrogen) atoms. The average molecular weight is 248 g/mol. The van der Waals surface area contributed by atoms with Gasteiger partial charge in [-0.15, -0.1) is 11.3 Å². The monoisotopic (exact) mass is 248 g/mol. The van der Waals surface area contributed by atoms with Crippen LogP contribution in [0.4, 0.5) is 11.8 Å². The van der Waals surface area contributed by atoms with Gasteiger partial charge in [-0.2, -0.15) is 4.98 Å². The predicted octanol–water partition coefficient (Wildman–Crippen LogP) is 2.51. The summed E-state index contributed by atoms with van der Waals surface area (Å²) < 4.78 is 0. The normalized spacial score (nSPS) is 21.0. The number of fused-ring (bicyclic) bond motifs is 1. The van der Waals surface area contributed by atoms with Gasteiger partial charge in [0.15, 0.2) is 0 Å². The average Bonchev–Trinajstić information content (AvgIpc) is 2.75. The molecule has 0 aliphatic carbocycles. The van der Waals surface area contributed by atoms with Crippen molar-refractivity contribution in [2.75, 3.05) is 23.7 Å². The fourth-order valence-electron chi connectivity index (χ4n) is 2.48. The van der Waals surface area contributed by atoms with Crippen LogP contribution in [0, 0.1) is 5.92 Å². The second-order valence-electron chi connectivity index (χ2n) is 4.74. The summed E-state index contributed by atoms with van der Waals surface area (Å²) in [7, 11) is 0. The van der Waals surface area contributed by atoms with Crippen molar-refractivity contribution in [3.8, 4) is 0 Å². The molecule has 1 fully saturated rings. The number of anilines is 2. The van der Waals surface area contributed by atoms with E-state index in [0.717, 1.165) is 35.0 Å². The first-order valence-corrected chi connectivity index (χ1v) is 6.87. The zero-order valence-electron chi connectivity index (χ0n) is 9.89. The largest absolute Gasteiger partial charge is 0.368 e. The maximum absolute atomic E-state index is 5.78. The molecule has 2 N–H and O–H groups in total. The van der Waals surface area contributed by atoms with Crippen LogP contribution < -0.4 is 10.6 Å². The number of nitrogens with zero attached hydrogens (tertiary/aromatic N) is 3. The molecule has 3 heterocycles. The molecule has 0 saturated carbocycles. The molecule has 2 aromatic heterocycles. The first-order chi connectivity index (χ1) is 8.24. The van der Waals surface area contributed by atoms with E-state index in [1.165, 1.54) is 12.8 Å². The van der Waals surface area contributed by atoms with Crippen molar-refractivity contribution >= 4 is 33.3 Å². The lowest BCUT2D eigenvalue weighted by atomic mass is 10.0. The van der Waals surface area contributed by atoms with Gasteiger partial charge < -0.3 is 10.6 Å². The standard InChI is InChI=1S/C12H16N4S/c1-8-3-2-5-16(7-8)10-9-4-6-17-11(9)15-12(13)14-10/h4,6,8H,2-3,5,7H2,1H3,(H2,13,14,15). The van der Waals surface area contributed by atoms with E-state index in [9.17, 15) is 0 Å². The minimum absolute atomic E-state index is 0.383. The third-order valence-electron chi connectivity index (χ3n) is 3.28. The lowest BCUT2D eigenvalue weighted by molar-refractivity contribution is 0.445. The Morgan fingerprint density at radius 1 is 1.47 bits per heavy atom. The molecule has 0 bridgehead atoms. The number of aromatic nitrogens is 2. The Labute approximate surface area is 104 Å². The predicted molar refractivity (Wildman–Crippen MR) is 72.4 cm³/mol. The first kappa shape index (κ1) is 10.8. The van der Waals surface area contributed by atoms with Crippen LogP contribution in [0.25, 0.3) is 10.2 Å². The molecule has 3 rings (SSSR count). The van der Waals surface area contributed by atoms with Gasteiger partial charge in [-0.05, 0) is 30.2 Å². The topological polar surface area (TPSA) is 55.0 Å². The number of thiophene rings is 1. The third kappa shape index (κ3) is 1.95. The van der Waals surface area contributed by atoms with E-state index < -0.39 is 0 Å². The quantitative estimate of drug-likeness (QED) is 0.842. The first-order valence-electron chi connectivity index (χ1n) is 5.99. The van der Waals surface area contributed by atoms with E-state index in [1.807, 2.05) is 0 Å². The molecule has 90 valence electrons. The van der Waals surface area contributed by atoms with Gasteiger partial charge in [-0.25, -0.2) is 4.98 Å². The summed E-state index contributed by atoms with van der Waals surface area (Å²) in [6.07, 6.45) is 2.54. The van der Waals surface area contributed by atoms with Gasteiger partial charge in [0.05, 0.1) is 5.39 Å². The molecular formula is C12H16N4S. The molecule has 1 aliphatic heterocycles. The van der Waals surface area contributed by atoms with E-state index in [4.69, 9.17) is 5.73 Å². The maximum atomic E-state index is 5.78. The Bertz CT molecular complexity index is 536. The summed E-state index contributed by atoms with van der Waals surface area (Å²) in [4.78, 5) is 12.0. The zero-order valence-corrected chi connectivity index (χ0v) is 10.7. The van der Waals surface area contributed by atoms with E-state index in [2.05, 4.69) is 33.2 Å². The second kappa shape index (κ2) is 4.14. The molecule has 0 radical (unpaired) electrons. The van der Waals surface area contributed by atoms with Crippen molar-refractivity contribution in [2.24, 2.45) is 5.92 Å². The van der Waals surface area contributed by atoms with Crippen LogP contribution in [0.1, 0.15) is 19.8 Å². The molecule has 1 unspecified atom stereocenters. The van der Waals surface area contributed by atoms with Crippen LogP contribution in [-0.2, 0) is 0 Å². The highest BCUT2D eigenvalue weighted by Gasteiger charge is 2.20. The Balaban J connectivity index is 2.06. The maximum Gasteiger partial charge on any atom is 0.223 e. The van der Waals surface area contributed by atoms with E-state index >= 15 is 0 Å². The molecule has 1 aliphatic rings. The fourth-order valence-corrected chi connectivity index (χ4v) is 3.24. The SMILES string of the molecule is CC1CCCN(c2nc(N)nc3sccc23)C1. The molecule has 2 aromatic rings. The highest BCUT2D eigenvalue weighted by atomic mass is 32.1. The number of hydrogen-bond donors (Lipinski definition) is 1. The highest BCUT2D eigenvalue weighted by Crippen LogP contribution is 2.30. The highest BCUT2D eigenvalue weighted by molar-refractivity contribution is 7.16. The van der Waals surface area contributed by atoms with Crippen molar-refractivity contribution in [3.63, 3.8) is 0 Å². The van der Waals surface area contributed by atoms with Gasteiger partial charge in [0.25, 0.3) is 0 Å². The molecular weight excluding hydrogens is 232 g/mol. The van der Waals surface area contributed by atoms with Gasteiger partial charge in [-0.1, -0.05) is 6.92 Å². The molecule has 4 nitrogen and oxygen atoms in total. The van der Waals surface area contributed by atoms with Crippen LogP contribution in [-0.4, -0.2) is 23.1 Å². The van der Waals surface area contributed by atoms with Crippen molar-refractivity contribution in [1.82, 2.24) is 9.97 Å². The number of rotatable bonds is 1. The van der Waals surface area contributed by atoms with E-state index in [0.29, 0.717) is 5.95 Å². The van der Waals surface area contributed by atoms with Crippen LogP contribution in [0.2, 0.25) is 0 Å². The van der Waals surface area contributed by atoms with Gasteiger partial charge in [0, 0.05) is 13.1 Å². The number of nitrogen functional groups attached to an aromatic ring is 1. The zero-order chi connectivity index (χ0) is 11.8. The number of hydrogen-bond acceptors (Lipinski definition) is 5. The summed E-state index contributed by atoms with van der Waals surface area (Å²) in [6, 6.07) is 2.09. The van der Waals surface area contributed by atoms with E-state index in [-0.39, 0.29) is 0 Å². The third-order valence-corrected chi connectivity index (χ3v) is 4.09. The molecule has 0 amide bonds. The Hall–Kier alpha value is -1.36.